The highest BCUT2D eigenvalue weighted by atomic mass is 32.3. The molecule has 5 aliphatic heterocycles. The van der Waals surface area contributed by atoms with E-state index in [-0.39, 0.29) is 0 Å². The molecule has 0 radical (unpaired) electrons. The predicted molar refractivity (Wildman–Crippen MR) is 248 cm³/mol. The highest BCUT2D eigenvalue weighted by Crippen LogP contribution is 2.72. The first kappa shape index (κ1) is 36.4. The number of fused-ring (bicyclic) bond motifs is 3. The van der Waals surface area contributed by atoms with Gasteiger partial charge in [-0.1, -0.05) is 154 Å². The second-order valence-corrected chi connectivity index (χ2v) is 26.6. The molecule has 252 valence electrons. The first-order valence-corrected chi connectivity index (χ1v) is 28.1. The van der Waals surface area contributed by atoms with Crippen LogP contribution in [0, 0.1) is 0 Å². The van der Waals surface area contributed by atoms with E-state index in [4.69, 9.17) is 0 Å². The summed E-state index contributed by atoms with van der Waals surface area (Å²) in [5.41, 5.74) is 7.11. The van der Waals surface area contributed by atoms with E-state index >= 15 is 0 Å². The third-order valence-electron chi connectivity index (χ3n) is 7.85. The maximum Gasteiger partial charge on any atom is 0.0657 e. The molecule has 5 heterocycles. The lowest BCUT2D eigenvalue weighted by Crippen LogP contribution is -1.91. The zero-order valence-electron chi connectivity index (χ0n) is 26.6. The van der Waals surface area contributed by atoms with E-state index in [1.807, 2.05) is 165 Å². The second-order valence-electron chi connectivity index (χ2n) is 10.6. The van der Waals surface area contributed by atoms with Gasteiger partial charge in [0.25, 0.3) is 0 Å². The Morgan fingerprint density at radius 3 is 0.640 bits per heavy atom. The Morgan fingerprint density at radius 2 is 0.460 bits per heavy atom. The number of benzene rings is 3. The van der Waals surface area contributed by atoms with Gasteiger partial charge in [0.05, 0.1) is 38.1 Å². The van der Waals surface area contributed by atoms with Gasteiger partial charge in [-0.3, -0.25) is 0 Å². The molecule has 0 spiro atoms. The monoisotopic (exact) mass is 904 g/mol. The van der Waals surface area contributed by atoms with Crippen molar-refractivity contribution >= 4 is 165 Å². The minimum atomic E-state index is 1.36. The van der Waals surface area contributed by atoms with Gasteiger partial charge in [0.2, 0.25) is 0 Å². The minimum absolute atomic E-state index is 1.36. The van der Waals surface area contributed by atoms with Crippen LogP contribution in [0.25, 0.3) is 0 Å². The molecule has 1 fully saturated rings. The molecule has 3 aromatic rings. The molecule has 0 amide bonds. The molecular weight excluding hydrogens is 881 g/mol. The minimum Gasteiger partial charge on any atom is -0.121 e. The van der Waals surface area contributed by atoms with Crippen LogP contribution in [0.3, 0.4) is 0 Å². The first-order valence-electron chi connectivity index (χ1n) is 15.0. The van der Waals surface area contributed by atoms with Crippen molar-refractivity contribution in [2.24, 2.45) is 0 Å². The van der Waals surface area contributed by atoms with Crippen molar-refractivity contribution in [3.8, 4) is 0 Å². The number of allylic oxidation sites excluding steroid dienone is 5. The molecule has 0 bridgehead atoms. The summed E-state index contributed by atoms with van der Waals surface area (Å²) in [6.45, 7) is 0. The largest absolute Gasteiger partial charge is 0.121 e. The van der Waals surface area contributed by atoms with Gasteiger partial charge in [-0.15, -0.1) is 47.0 Å². The second kappa shape index (κ2) is 15.7. The maximum absolute atomic E-state index is 2.29. The topological polar surface area (TPSA) is 0 Å². The standard InChI is InChI=1S/C36H24S14/c1-37-33-34(38-2)48-31(47-33)26-24(29-43-19-13-7-8-14-20(19)44-29)23(28-41-17-11-5-6-12-18(17)42-28)25(30-45-21-15-9-10-16-22(21)46-30)27(26)32-49-35(39-3)36(40-4)50-32/h5-16H,1-4H3. The fraction of sp³-hybridized carbons (Fsp3) is 0.111. The Labute approximate surface area is 353 Å². The van der Waals surface area contributed by atoms with Crippen molar-refractivity contribution in [3.05, 3.63) is 139 Å². The van der Waals surface area contributed by atoms with Crippen LogP contribution < -0.4 is 0 Å². The zero-order chi connectivity index (χ0) is 33.9. The Kier molecular flexibility index (Phi) is 11.4. The molecule has 50 heavy (non-hydrogen) atoms. The maximum atomic E-state index is 2.29. The number of hydrogen-bond acceptors (Lipinski definition) is 14. The van der Waals surface area contributed by atoms with Crippen LogP contribution in [0.5, 0.6) is 0 Å². The summed E-state index contributed by atoms with van der Waals surface area (Å²) in [6.07, 6.45) is 8.92. The Morgan fingerprint density at radius 1 is 0.280 bits per heavy atom. The molecule has 0 aromatic heterocycles. The van der Waals surface area contributed by atoms with E-state index in [9.17, 15) is 0 Å². The van der Waals surface area contributed by atoms with Gasteiger partial charge >= 0.3 is 0 Å². The Balaban J connectivity index is 1.38. The van der Waals surface area contributed by atoms with Gasteiger partial charge in [0.1, 0.15) is 0 Å². The highest BCUT2D eigenvalue weighted by molar-refractivity contribution is 8.41. The average molecular weight is 906 g/mol. The molecule has 0 N–H and O–H groups in total. The normalized spacial score (nSPS) is 20.2. The van der Waals surface area contributed by atoms with Crippen LogP contribution in [0.15, 0.2) is 168 Å². The number of rotatable bonds is 4. The van der Waals surface area contributed by atoms with Crippen LogP contribution in [-0.4, -0.2) is 25.0 Å². The van der Waals surface area contributed by atoms with E-state index < -0.39 is 0 Å². The molecule has 9 rings (SSSR count). The first-order chi connectivity index (χ1) is 24.6. The lowest BCUT2D eigenvalue weighted by atomic mass is 10.1. The molecule has 1 aliphatic carbocycles. The Bertz CT molecular complexity index is 1970. The summed E-state index contributed by atoms with van der Waals surface area (Å²) in [5, 5.41) is 0. The van der Waals surface area contributed by atoms with Gasteiger partial charge in [-0.05, 0) is 61.4 Å². The van der Waals surface area contributed by atoms with Gasteiger partial charge in [0.15, 0.2) is 0 Å². The molecule has 0 nitrogen and oxygen atoms in total. The molecular formula is C36H24S14. The van der Waals surface area contributed by atoms with Crippen molar-refractivity contribution in [1.29, 1.82) is 0 Å². The van der Waals surface area contributed by atoms with Crippen molar-refractivity contribution in [2.75, 3.05) is 25.0 Å². The highest BCUT2D eigenvalue weighted by Gasteiger charge is 2.46. The summed E-state index contributed by atoms with van der Waals surface area (Å²) in [7, 11) is 0. The quantitative estimate of drug-likeness (QED) is 0.244. The van der Waals surface area contributed by atoms with Gasteiger partial charge in [0, 0.05) is 57.2 Å². The van der Waals surface area contributed by atoms with Crippen molar-refractivity contribution in [3.63, 3.8) is 0 Å². The van der Waals surface area contributed by atoms with Crippen molar-refractivity contribution in [2.45, 2.75) is 29.4 Å². The summed E-state index contributed by atoms with van der Waals surface area (Å²) in [4.78, 5) is 8.14. The van der Waals surface area contributed by atoms with Gasteiger partial charge in [-0.2, -0.15) is 0 Å². The van der Waals surface area contributed by atoms with E-state index in [1.165, 1.54) is 95.4 Å². The Hall–Kier alpha value is 0.740. The van der Waals surface area contributed by atoms with Crippen molar-refractivity contribution < 1.29 is 0 Å². The molecule has 6 aliphatic rings. The van der Waals surface area contributed by atoms with E-state index in [1.54, 1.807) is 0 Å². The number of hydrogen-bond donors (Lipinski definition) is 0. The number of thioether (sulfide) groups is 14. The van der Waals surface area contributed by atoms with Crippen LogP contribution in [-0.2, 0) is 0 Å². The van der Waals surface area contributed by atoms with Gasteiger partial charge in [-0.25, -0.2) is 0 Å². The SMILES string of the molecule is CSC1=C(SC)SC(=C2C(=C3SC(SC)=C(SC)S3)C(=C3Sc4ccccc4S3)C(=C3Sc4ccccc4S3)C2=C2Sc3ccccc3S2)S1. The third kappa shape index (κ3) is 6.60. The predicted octanol–water partition coefficient (Wildman–Crippen LogP) is 16.4. The van der Waals surface area contributed by atoms with E-state index in [0.717, 1.165) is 0 Å². The summed E-state index contributed by atoms with van der Waals surface area (Å²) in [6, 6.07) is 26.9. The third-order valence-corrected chi connectivity index (χ3v) is 26.0. The van der Waals surface area contributed by atoms with Crippen LogP contribution in [0.4, 0.5) is 0 Å². The van der Waals surface area contributed by atoms with Crippen LogP contribution >= 0.6 is 165 Å². The smallest absolute Gasteiger partial charge is 0.0657 e. The fourth-order valence-electron chi connectivity index (χ4n) is 5.72. The van der Waals surface area contributed by atoms with E-state index in [0.29, 0.717) is 0 Å². The fourth-order valence-corrected chi connectivity index (χ4v) is 23.7. The molecule has 1 saturated carbocycles. The lowest BCUT2D eigenvalue weighted by molar-refractivity contribution is 1.27. The van der Waals surface area contributed by atoms with Crippen LogP contribution in [0.2, 0.25) is 0 Å². The molecule has 0 atom stereocenters. The summed E-state index contributed by atoms with van der Waals surface area (Å²) >= 11 is 27.3. The molecule has 14 heteroatoms. The van der Waals surface area contributed by atoms with Crippen LogP contribution in [0.1, 0.15) is 0 Å². The molecule has 0 saturated heterocycles. The average Bonchev–Trinajstić information content (AvgIpc) is 3.99. The summed E-state index contributed by atoms with van der Waals surface area (Å²) < 4.78 is 12.7. The van der Waals surface area contributed by atoms with Gasteiger partial charge < -0.3 is 0 Å². The summed E-state index contributed by atoms with van der Waals surface area (Å²) in [5.74, 6) is 0. The van der Waals surface area contributed by atoms with E-state index in [2.05, 4.69) is 97.8 Å². The van der Waals surface area contributed by atoms with Crippen molar-refractivity contribution in [1.82, 2.24) is 0 Å². The molecule has 3 aromatic carbocycles. The lowest BCUT2D eigenvalue weighted by Gasteiger charge is -2.13. The molecule has 0 unspecified atom stereocenters. The zero-order valence-corrected chi connectivity index (χ0v) is 38.1.